The fourth-order valence-corrected chi connectivity index (χ4v) is 5.46. The Balaban J connectivity index is 1.34. The largest absolute Gasteiger partial charge is 0.436 e. The SMILES string of the molecule is CCC12CCC(CC1OC(C)OC(=O)C1CC3C=CC1C3=O)C2. The Labute approximate surface area is 137 Å². The van der Waals surface area contributed by atoms with Crippen molar-refractivity contribution in [3.63, 3.8) is 0 Å². The van der Waals surface area contributed by atoms with Crippen molar-refractivity contribution in [3.05, 3.63) is 12.2 Å². The molecule has 4 aliphatic rings. The van der Waals surface area contributed by atoms with Crippen LogP contribution in [-0.2, 0) is 19.1 Å². The molecule has 4 bridgehead atoms. The number of ketones is 1. The normalized spacial score (nSPS) is 45.0. The monoisotopic (exact) mass is 318 g/mol. The van der Waals surface area contributed by atoms with Gasteiger partial charge in [-0.2, -0.15) is 0 Å². The molecule has 4 heteroatoms. The van der Waals surface area contributed by atoms with Crippen LogP contribution in [0.3, 0.4) is 0 Å². The van der Waals surface area contributed by atoms with Crippen LogP contribution in [0.25, 0.3) is 0 Å². The highest BCUT2D eigenvalue weighted by Crippen LogP contribution is 2.57. The standard InChI is InChI=1S/C19H26O4/c1-3-19-7-6-12(10-19)8-16(19)22-11(2)23-18(21)15-9-13-4-5-14(15)17(13)20/h4-5,11-16H,3,6-10H2,1-2H3. The zero-order chi connectivity index (χ0) is 16.2. The summed E-state index contributed by atoms with van der Waals surface area (Å²) in [4.78, 5) is 24.3. The quantitative estimate of drug-likeness (QED) is 0.443. The Hall–Kier alpha value is -1.16. The molecule has 23 heavy (non-hydrogen) atoms. The van der Waals surface area contributed by atoms with Crippen molar-refractivity contribution in [2.24, 2.45) is 29.1 Å². The van der Waals surface area contributed by atoms with E-state index in [1.54, 1.807) is 0 Å². The van der Waals surface area contributed by atoms with E-state index in [-0.39, 0.29) is 35.6 Å². The van der Waals surface area contributed by atoms with Gasteiger partial charge in [-0.05, 0) is 56.8 Å². The summed E-state index contributed by atoms with van der Waals surface area (Å²) in [6.07, 6.45) is 10.2. The number of ether oxygens (including phenoxy) is 2. The van der Waals surface area contributed by atoms with Gasteiger partial charge in [0.2, 0.25) is 0 Å². The minimum atomic E-state index is -0.520. The van der Waals surface area contributed by atoms with Gasteiger partial charge in [-0.25, -0.2) is 0 Å². The molecule has 7 atom stereocenters. The van der Waals surface area contributed by atoms with E-state index in [2.05, 4.69) is 6.92 Å². The van der Waals surface area contributed by atoms with Crippen LogP contribution in [0.2, 0.25) is 0 Å². The second-order valence-electron chi connectivity index (χ2n) is 7.95. The van der Waals surface area contributed by atoms with Crippen molar-refractivity contribution in [3.8, 4) is 0 Å². The maximum Gasteiger partial charge on any atom is 0.312 e. The van der Waals surface area contributed by atoms with Crippen molar-refractivity contribution >= 4 is 11.8 Å². The van der Waals surface area contributed by atoms with Crippen LogP contribution in [0.4, 0.5) is 0 Å². The van der Waals surface area contributed by atoms with Crippen molar-refractivity contribution in [2.45, 2.75) is 64.8 Å². The number of hydrogen-bond acceptors (Lipinski definition) is 4. The number of carbonyl (C=O) groups excluding carboxylic acids is 2. The molecule has 0 aromatic rings. The minimum Gasteiger partial charge on any atom is -0.436 e. The van der Waals surface area contributed by atoms with Crippen LogP contribution >= 0.6 is 0 Å². The third kappa shape index (κ3) is 2.37. The highest BCUT2D eigenvalue weighted by atomic mass is 16.7. The van der Waals surface area contributed by atoms with Gasteiger partial charge in [0, 0.05) is 11.8 Å². The van der Waals surface area contributed by atoms with Gasteiger partial charge in [0.05, 0.1) is 12.0 Å². The van der Waals surface area contributed by atoms with Crippen LogP contribution in [0.5, 0.6) is 0 Å². The van der Waals surface area contributed by atoms with Gasteiger partial charge >= 0.3 is 5.97 Å². The van der Waals surface area contributed by atoms with Crippen LogP contribution in [0, 0.1) is 29.1 Å². The maximum atomic E-state index is 12.4. The summed E-state index contributed by atoms with van der Waals surface area (Å²) < 4.78 is 11.7. The topological polar surface area (TPSA) is 52.6 Å². The number of allylic oxidation sites excluding steroid dienone is 2. The van der Waals surface area contributed by atoms with E-state index < -0.39 is 6.29 Å². The first kappa shape index (κ1) is 15.4. The predicted octanol–water partition coefficient (Wildman–Crippen LogP) is 3.25. The molecule has 4 nitrogen and oxygen atoms in total. The third-order valence-electron chi connectivity index (χ3n) is 6.81. The Morgan fingerprint density at radius 3 is 2.83 bits per heavy atom. The Kier molecular flexibility index (Phi) is 3.63. The summed E-state index contributed by atoms with van der Waals surface area (Å²) >= 11 is 0. The predicted molar refractivity (Wildman–Crippen MR) is 84.3 cm³/mol. The number of rotatable bonds is 5. The van der Waals surface area contributed by atoms with E-state index in [1.807, 2.05) is 19.1 Å². The summed E-state index contributed by atoms with van der Waals surface area (Å²) in [7, 11) is 0. The molecule has 0 aromatic heterocycles. The van der Waals surface area contributed by atoms with Gasteiger partial charge in [0.1, 0.15) is 5.78 Å². The third-order valence-corrected chi connectivity index (χ3v) is 6.81. The number of fused-ring (bicyclic) bond motifs is 4. The highest BCUT2D eigenvalue weighted by molar-refractivity contribution is 5.96. The first-order valence-electron chi connectivity index (χ1n) is 9.10. The molecule has 0 amide bonds. The molecular formula is C19H26O4. The molecule has 3 fully saturated rings. The highest BCUT2D eigenvalue weighted by Gasteiger charge is 2.52. The second kappa shape index (κ2) is 5.44. The van der Waals surface area contributed by atoms with E-state index >= 15 is 0 Å². The van der Waals surface area contributed by atoms with Crippen molar-refractivity contribution in [1.82, 2.24) is 0 Å². The molecule has 0 aromatic carbocycles. The number of hydrogen-bond donors (Lipinski definition) is 0. The lowest BCUT2D eigenvalue weighted by molar-refractivity contribution is -0.201. The van der Waals surface area contributed by atoms with E-state index in [0.29, 0.717) is 11.8 Å². The molecule has 7 unspecified atom stereocenters. The zero-order valence-electron chi connectivity index (χ0n) is 14.0. The second-order valence-corrected chi connectivity index (χ2v) is 7.95. The number of esters is 1. The molecule has 0 aliphatic heterocycles. The average molecular weight is 318 g/mol. The molecule has 0 heterocycles. The molecule has 0 spiro atoms. The van der Waals surface area contributed by atoms with Crippen LogP contribution in [0.15, 0.2) is 12.2 Å². The molecule has 4 aliphatic carbocycles. The number of carbonyl (C=O) groups is 2. The summed E-state index contributed by atoms with van der Waals surface area (Å²) in [6.45, 7) is 4.06. The average Bonchev–Trinajstić information content (AvgIpc) is 3.27. The zero-order valence-corrected chi connectivity index (χ0v) is 14.0. The van der Waals surface area contributed by atoms with Gasteiger partial charge in [0.15, 0.2) is 6.29 Å². The number of Topliss-reactive ketones (excluding diaryl/α,β-unsaturated/α-hetero) is 1. The van der Waals surface area contributed by atoms with E-state index in [9.17, 15) is 9.59 Å². The maximum absolute atomic E-state index is 12.4. The molecular weight excluding hydrogens is 292 g/mol. The van der Waals surface area contributed by atoms with Crippen LogP contribution < -0.4 is 0 Å². The Morgan fingerprint density at radius 2 is 2.22 bits per heavy atom. The molecule has 3 saturated carbocycles. The summed E-state index contributed by atoms with van der Waals surface area (Å²) in [5, 5.41) is 0. The minimum absolute atomic E-state index is 0.0669. The van der Waals surface area contributed by atoms with Crippen molar-refractivity contribution in [1.29, 1.82) is 0 Å². The molecule has 0 radical (unpaired) electrons. The van der Waals surface area contributed by atoms with Gasteiger partial charge < -0.3 is 9.47 Å². The fraction of sp³-hybridized carbons (Fsp3) is 0.789. The van der Waals surface area contributed by atoms with E-state index in [1.165, 1.54) is 19.3 Å². The van der Waals surface area contributed by atoms with Crippen molar-refractivity contribution in [2.75, 3.05) is 0 Å². The lowest BCUT2D eigenvalue weighted by atomic mass is 9.79. The van der Waals surface area contributed by atoms with Gasteiger partial charge in [-0.15, -0.1) is 0 Å². The molecule has 126 valence electrons. The summed E-state index contributed by atoms with van der Waals surface area (Å²) in [5.74, 6) is 0.0711. The van der Waals surface area contributed by atoms with E-state index in [0.717, 1.165) is 18.8 Å². The molecule has 0 N–H and O–H groups in total. The first-order valence-corrected chi connectivity index (χ1v) is 9.10. The molecule has 0 saturated heterocycles. The summed E-state index contributed by atoms with van der Waals surface area (Å²) in [6, 6.07) is 0. The lowest BCUT2D eigenvalue weighted by Crippen LogP contribution is -2.37. The fourth-order valence-electron chi connectivity index (χ4n) is 5.46. The summed E-state index contributed by atoms with van der Waals surface area (Å²) in [5.41, 5.74) is 0.302. The smallest absolute Gasteiger partial charge is 0.312 e. The van der Waals surface area contributed by atoms with Gasteiger partial charge in [0.25, 0.3) is 0 Å². The van der Waals surface area contributed by atoms with E-state index in [4.69, 9.17) is 9.47 Å². The van der Waals surface area contributed by atoms with Crippen molar-refractivity contribution < 1.29 is 19.1 Å². The van der Waals surface area contributed by atoms with Crippen LogP contribution in [-0.4, -0.2) is 24.1 Å². The lowest BCUT2D eigenvalue weighted by Gasteiger charge is -2.35. The Bertz CT molecular complexity index is 554. The van der Waals surface area contributed by atoms with Gasteiger partial charge in [-0.1, -0.05) is 19.1 Å². The molecule has 4 rings (SSSR count). The Morgan fingerprint density at radius 1 is 1.39 bits per heavy atom. The van der Waals surface area contributed by atoms with Gasteiger partial charge in [-0.3, -0.25) is 9.59 Å². The first-order chi connectivity index (χ1) is 11.0. The van der Waals surface area contributed by atoms with Crippen LogP contribution in [0.1, 0.15) is 52.4 Å².